The molecule has 5 nitrogen and oxygen atoms in total. The molecule has 0 saturated carbocycles. The molecule has 3 saturated heterocycles. The number of nitrogens with zero attached hydrogens (tertiary/aromatic N) is 3. The molecule has 2 aromatic heterocycles. The van der Waals surface area contributed by atoms with E-state index in [0.29, 0.717) is 22.8 Å². The number of rotatable bonds is 2. The summed E-state index contributed by atoms with van der Waals surface area (Å²) in [5.74, 6) is 0.501. The van der Waals surface area contributed by atoms with Gasteiger partial charge in [-0.15, -0.1) is 12.4 Å². The van der Waals surface area contributed by atoms with Crippen LogP contribution in [0.3, 0.4) is 0 Å². The van der Waals surface area contributed by atoms with Crippen LogP contribution in [0.2, 0.25) is 5.15 Å². The third kappa shape index (κ3) is 2.82. The maximum atomic E-state index is 12.6. The molecule has 0 spiro atoms. The molecule has 2 bridgehead atoms. The summed E-state index contributed by atoms with van der Waals surface area (Å²) in [6.07, 6.45) is 3.96. The highest BCUT2D eigenvalue weighted by Gasteiger charge is 2.40. The van der Waals surface area contributed by atoms with Gasteiger partial charge in [0.15, 0.2) is 0 Å². The van der Waals surface area contributed by atoms with E-state index in [1.807, 2.05) is 6.07 Å². The number of carbonyl (C=O) groups is 1. The molecule has 7 heteroatoms. The molecule has 3 aliphatic rings. The van der Waals surface area contributed by atoms with Crippen molar-refractivity contribution in [3.05, 3.63) is 35.4 Å². The molecule has 3 fully saturated rings. The molecule has 1 amide bonds. The van der Waals surface area contributed by atoms with Gasteiger partial charge in [-0.05, 0) is 57.0 Å². The normalized spacial score (nSPS) is 29.3. The lowest BCUT2D eigenvalue weighted by Crippen LogP contribution is -2.62. The monoisotopic (exact) mass is 354 g/mol. The molecule has 0 aliphatic carbocycles. The molecule has 124 valence electrons. The zero-order chi connectivity index (χ0) is 15.3. The van der Waals surface area contributed by atoms with Gasteiger partial charge in [0, 0.05) is 12.1 Å². The molecular weight excluding hydrogens is 335 g/mol. The molecule has 1 N–H and O–H groups in total. The van der Waals surface area contributed by atoms with Gasteiger partial charge < -0.3 is 5.32 Å². The number of carbonyl (C=O) groups excluding carboxylic acids is 1. The van der Waals surface area contributed by atoms with E-state index in [0.717, 1.165) is 18.6 Å². The predicted octanol–water partition coefficient (Wildman–Crippen LogP) is 2.62. The predicted molar refractivity (Wildman–Crippen MR) is 92.5 cm³/mol. The van der Waals surface area contributed by atoms with Gasteiger partial charge in [-0.2, -0.15) is 0 Å². The van der Waals surface area contributed by atoms with Crippen LogP contribution in [0.15, 0.2) is 24.5 Å². The summed E-state index contributed by atoms with van der Waals surface area (Å²) in [6, 6.07) is 6.10. The minimum Gasteiger partial charge on any atom is -0.346 e. The van der Waals surface area contributed by atoms with Crippen molar-refractivity contribution in [2.24, 2.45) is 5.92 Å². The number of aromatic nitrogens is 2. The molecule has 0 unspecified atom stereocenters. The highest BCUT2D eigenvalue weighted by atomic mass is 35.5. The first-order chi connectivity index (χ1) is 10.6. The Morgan fingerprint density at radius 3 is 2.78 bits per heavy atom. The van der Waals surface area contributed by atoms with E-state index in [1.54, 1.807) is 22.9 Å². The molecule has 5 rings (SSSR count). The second-order valence-electron chi connectivity index (χ2n) is 6.34. The summed E-state index contributed by atoms with van der Waals surface area (Å²) in [5, 5.41) is 3.80. The first-order valence-corrected chi connectivity index (χ1v) is 8.19. The lowest BCUT2D eigenvalue weighted by atomic mass is 9.79. The van der Waals surface area contributed by atoms with E-state index in [4.69, 9.17) is 11.6 Å². The fraction of sp³-hybridized carbons (Fsp3) is 0.500. The number of nitrogens with one attached hydrogen (secondary N) is 1. The second kappa shape index (κ2) is 6.30. The number of halogens is 2. The van der Waals surface area contributed by atoms with Crippen LogP contribution in [0.5, 0.6) is 0 Å². The minimum absolute atomic E-state index is 0. The van der Waals surface area contributed by atoms with Crippen molar-refractivity contribution in [1.29, 1.82) is 0 Å². The number of hydrogen-bond acceptors (Lipinski definition) is 3. The van der Waals surface area contributed by atoms with E-state index < -0.39 is 0 Å². The van der Waals surface area contributed by atoms with Crippen molar-refractivity contribution < 1.29 is 4.79 Å². The minimum atomic E-state index is -0.0922. The van der Waals surface area contributed by atoms with E-state index in [2.05, 4.69) is 22.1 Å². The average molecular weight is 355 g/mol. The van der Waals surface area contributed by atoms with Crippen LogP contribution in [0.25, 0.3) is 5.52 Å². The Morgan fingerprint density at radius 2 is 2.09 bits per heavy atom. The smallest absolute Gasteiger partial charge is 0.270 e. The Hall–Kier alpha value is -1.30. The van der Waals surface area contributed by atoms with Crippen molar-refractivity contribution in [1.82, 2.24) is 19.6 Å². The fourth-order valence-electron chi connectivity index (χ4n) is 3.87. The maximum absolute atomic E-state index is 12.6. The van der Waals surface area contributed by atoms with Crippen LogP contribution in [0.4, 0.5) is 0 Å². The second-order valence-corrected chi connectivity index (χ2v) is 6.73. The van der Waals surface area contributed by atoms with Gasteiger partial charge in [0.25, 0.3) is 5.91 Å². The zero-order valence-corrected chi connectivity index (χ0v) is 14.5. The first kappa shape index (κ1) is 16.6. The summed E-state index contributed by atoms with van der Waals surface area (Å²) in [4.78, 5) is 19.3. The summed E-state index contributed by atoms with van der Waals surface area (Å²) in [6.45, 7) is 4.52. The SMILES string of the molecule is C[C@H]1[C@H](NC(=O)c2cc3ccc(Cl)n3cn2)C2CCN1CC2.Cl. The molecule has 3 aliphatic heterocycles. The third-order valence-corrected chi connectivity index (χ3v) is 5.51. The van der Waals surface area contributed by atoms with Crippen LogP contribution in [0, 0.1) is 5.92 Å². The standard InChI is InChI=1S/C16H19ClN4O.ClH/c1-10-15(11-4-6-20(10)7-5-11)19-16(22)13-8-12-2-3-14(17)21(12)9-18-13;/h2-3,8-11,15H,4-7H2,1H3,(H,19,22);1H/t10-,15-;/m0./s1. The van der Waals surface area contributed by atoms with Crippen molar-refractivity contribution in [3.8, 4) is 0 Å². The largest absolute Gasteiger partial charge is 0.346 e. The van der Waals surface area contributed by atoms with Crippen molar-refractivity contribution >= 4 is 35.4 Å². The molecule has 2 aromatic rings. The number of amides is 1. The van der Waals surface area contributed by atoms with Gasteiger partial charge in [-0.3, -0.25) is 14.1 Å². The van der Waals surface area contributed by atoms with Crippen LogP contribution in [-0.2, 0) is 0 Å². The topological polar surface area (TPSA) is 49.6 Å². The molecular formula is C16H20Cl2N4O. The van der Waals surface area contributed by atoms with Crippen LogP contribution in [0.1, 0.15) is 30.3 Å². The van der Waals surface area contributed by atoms with E-state index in [9.17, 15) is 4.79 Å². The van der Waals surface area contributed by atoms with E-state index in [1.165, 1.54) is 12.8 Å². The van der Waals surface area contributed by atoms with Gasteiger partial charge in [-0.1, -0.05) is 11.6 Å². The molecule has 0 radical (unpaired) electrons. The van der Waals surface area contributed by atoms with Crippen LogP contribution in [-0.4, -0.2) is 45.4 Å². The first-order valence-electron chi connectivity index (χ1n) is 7.81. The lowest BCUT2D eigenvalue weighted by Gasteiger charge is -2.49. The summed E-state index contributed by atoms with van der Waals surface area (Å²) in [7, 11) is 0. The van der Waals surface area contributed by atoms with Crippen LogP contribution < -0.4 is 5.32 Å². The van der Waals surface area contributed by atoms with Gasteiger partial charge in [0.1, 0.15) is 17.2 Å². The van der Waals surface area contributed by atoms with E-state index >= 15 is 0 Å². The molecule has 0 aromatic carbocycles. The Bertz CT molecular complexity index is 722. The van der Waals surface area contributed by atoms with Gasteiger partial charge in [0.05, 0.1) is 5.52 Å². The Balaban J connectivity index is 0.00000156. The quantitative estimate of drug-likeness (QED) is 0.901. The Morgan fingerprint density at radius 1 is 1.35 bits per heavy atom. The Kier molecular flexibility index (Phi) is 4.54. The van der Waals surface area contributed by atoms with Crippen molar-refractivity contribution in [2.75, 3.05) is 13.1 Å². The summed E-state index contributed by atoms with van der Waals surface area (Å²) < 4.78 is 1.76. The number of fused-ring (bicyclic) bond motifs is 4. The Labute approximate surface area is 146 Å². The van der Waals surface area contributed by atoms with Gasteiger partial charge >= 0.3 is 0 Å². The fourth-order valence-corrected chi connectivity index (χ4v) is 4.07. The molecule has 2 atom stereocenters. The number of piperidine rings is 3. The lowest BCUT2D eigenvalue weighted by molar-refractivity contribution is 0.0216. The summed E-state index contributed by atoms with van der Waals surface area (Å²) in [5.41, 5.74) is 1.33. The zero-order valence-electron chi connectivity index (χ0n) is 12.9. The van der Waals surface area contributed by atoms with Crippen LogP contribution >= 0.6 is 24.0 Å². The summed E-state index contributed by atoms with van der Waals surface area (Å²) >= 11 is 6.04. The molecule has 23 heavy (non-hydrogen) atoms. The van der Waals surface area contributed by atoms with Crippen molar-refractivity contribution in [3.63, 3.8) is 0 Å². The number of hydrogen-bond donors (Lipinski definition) is 1. The van der Waals surface area contributed by atoms with Gasteiger partial charge in [-0.25, -0.2) is 4.98 Å². The molecule has 5 heterocycles. The van der Waals surface area contributed by atoms with E-state index in [-0.39, 0.29) is 24.4 Å². The highest BCUT2D eigenvalue weighted by Crippen LogP contribution is 2.32. The van der Waals surface area contributed by atoms with Gasteiger partial charge in [0.2, 0.25) is 0 Å². The van der Waals surface area contributed by atoms with Crippen molar-refractivity contribution in [2.45, 2.75) is 31.8 Å². The maximum Gasteiger partial charge on any atom is 0.270 e. The average Bonchev–Trinajstić information content (AvgIpc) is 2.92. The third-order valence-electron chi connectivity index (χ3n) is 5.20. The highest BCUT2D eigenvalue weighted by molar-refractivity contribution is 6.30.